The summed E-state index contributed by atoms with van der Waals surface area (Å²) in [5.41, 5.74) is 2.91. The van der Waals surface area contributed by atoms with E-state index in [0.717, 1.165) is 16.8 Å². The molecule has 2 aromatic rings. The van der Waals surface area contributed by atoms with E-state index in [1.165, 1.54) is 0 Å². The zero-order valence-electron chi connectivity index (χ0n) is 10.3. The van der Waals surface area contributed by atoms with Gasteiger partial charge in [-0.25, -0.2) is 4.79 Å². The lowest BCUT2D eigenvalue weighted by Crippen LogP contribution is -2.26. The number of ether oxygens (including phenoxy) is 1. The second kappa shape index (κ2) is 5.06. The van der Waals surface area contributed by atoms with Crippen molar-refractivity contribution in [3.05, 3.63) is 59.7 Å². The smallest absolute Gasteiger partial charge is 0.410 e. The maximum Gasteiger partial charge on any atom is 0.410 e. The molecule has 0 radical (unpaired) electrons. The molecule has 0 saturated carbocycles. The quantitative estimate of drug-likeness (QED) is 0.825. The molecular formula is C14H13N3O2. The van der Waals surface area contributed by atoms with Gasteiger partial charge in [0.1, 0.15) is 6.61 Å². The van der Waals surface area contributed by atoms with Crippen LogP contribution in [-0.2, 0) is 24.4 Å². The van der Waals surface area contributed by atoms with Crippen molar-refractivity contribution in [2.45, 2.75) is 19.7 Å². The molecule has 2 aromatic heterocycles. The van der Waals surface area contributed by atoms with Crippen LogP contribution in [0.3, 0.4) is 0 Å². The number of carbonyl (C=O) groups excluding carboxylic acids is 1. The van der Waals surface area contributed by atoms with Gasteiger partial charge in [-0.1, -0.05) is 12.1 Å². The first-order valence-electron chi connectivity index (χ1n) is 6.06. The van der Waals surface area contributed by atoms with Gasteiger partial charge in [0.15, 0.2) is 0 Å². The predicted molar refractivity (Wildman–Crippen MR) is 67.9 cm³/mol. The summed E-state index contributed by atoms with van der Waals surface area (Å²) in [7, 11) is 0. The molecule has 3 rings (SSSR count). The third kappa shape index (κ3) is 2.54. The fraction of sp³-hybridized carbons (Fsp3) is 0.214. The molecule has 0 atom stereocenters. The van der Waals surface area contributed by atoms with Gasteiger partial charge in [0.2, 0.25) is 0 Å². The van der Waals surface area contributed by atoms with E-state index in [9.17, 15) is 4.79 Å². The minimum Gasteiger partial charge on any atom is -0.444 e. The molecule has 0 bridgehead atoms. The van der Waals surface area contributed by atoms with Crippen molar-refractivity contribution in [3.63, 3.8) is 0 Å². The van der Waals surface area contributed by atoms with Gasteiger partial charge in [-0.15, -0.1) is 0 Å². The highest BCUT2D eigenvalue weighted by Crippen LogP contribution is 2.20. The third-order valence-electron chi connectivity index (χ3n) is 3.03. The Morgan fingerprint density at radius 1 is 1.26 bits per heavy atom. The largest absolute Gasteiger partial charge is 0.444 e. The number of carbonyl (C=O) groups is 1. The zero-order chi connectivity index (χ0) is 13.1. The molecule has 19 heavy (non-hydrogen) atoms. The van der Waals surface area contributed by atoms with Gasteiger partial charge in [0.05, 0.1) is 18.8 Å². The molecule has 3 heterocycles. The van der Waals surface area contributed by atoms with Gasteiger partial charge < -0.3 is 4.74 Å². The van der Waals surface area contributed by atoms with Gasteiger partial charge in [-0.3, -0.25) is 14.9 Å². The summed E-state index contributed by atoms with van der Waals surface area (Å²) in [5, 5.41) is 0. The SMILES string of the molecule is O=C(OCc1cccnc1)N1Cc2cccnc2C1. The normalized spacial score (nSPS) is 13.2. The second-order valence-corrected chi connectivity index (χ2v) is 4.38. The Labute approximate surface area is 110 Å². The highest BCUT2D eigenvalue weighted by Gasteiger charge is 2.24. The molecule has 96 valence electrons. The lowest BCUT2D eigenvalue weighted by molar-refractivity contribution is 0.0952. The molecule has 0 N–H and O–H groups in total. The van der Waals surface area contributed by atoms with Crippen molar-refractivity contribution in [2.24, 2.45) is 0 Å². The highest BCUT2D eigenvalue weighted by molar-refractivity contribution is 5.68. The maximum atomic E-state index is 11.9. The van der Waals surface area contributed by atoms with Crippen molar-refractivity contribution in [3.8, 4) is 0 Å². The fourth-order valence-electron chi connectivity index (χ4n) is 2.05. The lowest BCUT2D eigenvalue weighted by Gasteiger charge is -2.14. The molecule has 0 aromatic carbocycles. The van der Waals surface area contributed by atoms with E-state index < -0.39 is 0 Å². The number of hydrogen-bond donors (Lipinski definition) is 0. The van der Waals surface area contributed by atoms with Crippen LogP contribution in [-0.4, -0.2) is 21.0 Å². The van der Waals surface area contributed by atoms with E-state index in [1.807, 2.05) is 24.3 Å². The fourth-order valence-corrected chi connectivity index (χ4v) is 2.05. The summed E-state index contributed by atoms with van der Waals surface area (Å²) in [6, 6.07) is 7.55. The Morgan fingerprint density at radius 3 is 2.95 bits per heavy atom. The molecule has 1 amide bonds. The molecular weight excluding hydrogens is 242 g/mol. The van der Waals surface area contributed by atoms with Crippen LogP contribution in [0.25, 0.3) is 0 Å². The van der Waals surface area contributed by atoms with Crippen LogP contribution in [0.5, 0.6) is 0 Å². The van der Waals surface area contributed by atoms with Gasteiger partial charge in [0.25, 0.3) is 0 Å². The Morgan fingerprint density at radius 2 is 2.16 bits per heavy atom. The Balaban J connectivity index is 1.58. The van der Waals surface area contributed by atoms with Crippen LogP contribution >= 0.6 is 0 Å². The Bertz CT molecular complexity index is 561. The Hall–Kier alpha value is -2.43. The molecule has 1 aliphatic heterocycles. The van der Waals surface area contributed by atoms with Crippen molar-refractivity contribution >= 4 is 6.09 Å². The van der Waals surface area contributed by atoms with Crippen LogP contribution in [0, 0.1) is 0 Å². The van der Waals surface area contributed by atoms with E-state index in [4.69, 9.17) is 4.74 Å². The first-order chi connectivity index (χ1) is 9.33. The van der Waals surface area contributed by atoms with Crippen LogP contribution in [0.1, 0.15) is 16.8 Å². The molecule has 5 heteroatoms. The predicted octanol–water partition coefficient (Wildman–Crippen LogP) is 2.13. The van der Waals surface area contributed by atoms with Crippen LogP contribution in [0.2, 0.25) is 0 Å². The highest BCUT2D eigenvalue weighted by atomic mass is 16.6. The average Bonchev–Trinajstić information content (AvgIpc) is 2.90. The van der Waals surface area contributed by atoms with E-state index in [2.05, 4.69) is 9.97 Å². The van der Waals surface area contributed by atoms with Crippen molar-refractivity contribution in [2.75, 3.05) is 0 Å². The number of hydrogen-bond acceptors (Lipinski definition) is 4. The number of amides is 1. The van der Waals surface area contributed by atoms with Gasteiger partial charge in [-0.05, 0) is 17.7 Å². The lowest BCUT2D eigenvalue weighted by atomic mass is 10.2. The minimum atomic E-state index is -0.318. The van der Waals surface area contributed by atoms with Gasteiger partial charge >= 0.3 is 6.09 Å². The van der Waals surface area contributed by atoms with Crippen molar-refractivity contribution in [1.29, 1.82) is 0 Å². The maximum absolute atomic E-state index is 11.9. The monoisotopic (exact) mass is 255 g/mol. The van der Waals surface area contributed by atoms with E-state index in [-0.39, 0.29) is 12.7 Å². The molecule has 0 spiro atoms. The summed E-state index contributed by atoms with van der Waals surface area (Å²) >= 11 is 0. The number of fused-ring (bicyclic) bond motifs is 1. The summed E-state index contributed by atoms with van der Waals surface area (Å²) in [6.45, 7) is 1.32. The van der Waals surface area contributed by atoms with Crippen LogP contribution in [0.15, 0.2) is 42.9 Å². The van der Waals surface area contributed by atoms with Crippen molar-refractivity contribution in [1.82, 2.24) is 14.9 Å². The summed E-state index contributed by atoms with van der Waals surface area (Å²) in [6.07, 6.45) is 4.80. The topological polar surface area (TPSA) is 55.3 Å². The van der Waals surface area contributed by atoms with Crippen LogP contribution in [0.4, 0.5) is 4.79 Å². The summed E-state index contributed by atoms with van der Waals surface area (Å²) < 4.78 is 5.26. The van der Waals surface area contributed by atoms with Crippen LogP contribution < -0.4 is 0 Å². The molecule has 0 fully saturated rings. The third-order valence-corrected chi connectivity index (χ3v) is 3.03. The zero-order valence-corrected chi connectivity index (χ0v) is 10.3. The number of pyridine rings is 2. The number of nitrogens with zero attached hydrogens (tertiary/aromatic N) is 3. The molecule has 1 aliphatic rings. The van der Waals surface area contributed by atoms with Gasteiger partial charge in [-0.2, -0.15) is 0 Å². The minimum absolute atomic E-state index is 0.243. The molecule has 5 nitrogen and oxygen atoms in total. The Kier molecular flexibility index (Phi) is 3.10. The summed E-state index contributed by atoms with van der Waals surface area (Å²) in [5.74, 6) is 0. The standard InChI is InChI=1S/C14H13N3O2/c18-14(19-10-11-3-1-5-15-7-11)17-8-12-4-2-6-16-13(12)9-17/h1-7H,8-10H2. The molecule has 0 unspecified atom stereocenters. The first-order valence-corrected chi connectivity index (χ1v) is 6.06. The van der Waals surface area contributed by atoms with E-state index in [0.29, 0.717) is 13.1 Å². The van der Waals surface area contributed by atoms with Crippen molar-refractivity contribution < 1.29 is 9.53 Å². The second-order valence-electron chi connectivity index (χ2n) is 4.38. The number of aromatic nitrogens is 2. The summed E-state index contributed by atoms with van der Waals surface area (Å²) in [4.78, 5) is 21.8. The van der Waals surface area contributed by atoms with E-state index >= 15 is 0 Å². The van der Waals surface area contributed by atoms with Gasteiger partial charge in [0, 0.05) is 24.2 Å². The average molecular weight is 255 g/mol. The molecule has 0 aliphatic carbocycles. The molecule has 0 saturated heterocycles. The first kappa shape index (κ1) is 11.6. The number of rotatable bonds is 2. The van der Waals surface area contributed by atoms with E-state index in [1.54, 1.807) is 23.5 Å².